The highest BCUT2D eigenvalue weighted by atomic mass is 32.1. The van der Waals surface area contributed by atoms with Gasteiger partial charge in [-0.05, 0) is 24.6 Å². The van der Waals surface area contributed by atoms with Gasteiger partial charge in [0.1, 0.15) is 16.4 Å². The van der Waals surface area contributed by atoms with Gasteiger partial charge in [-0.15, -0.1) is 11.3 Å². The predicted molar refractivity (Wildman–Crippen MR) is 106 cm³/mol. The van der Waals surface area contributed by atoms with Crippen molar-refractivity contribution in [2.45, 2.75) is 6.92 Å². The van der Waals surface area contributed by atoms with E-state index in [9.17, 15) is 18.4 Å². The fourth-order valence-corrected chi connectivity index (χ4v) is 3.56. The van der Waals surface area contributed by atoms with Crippen LogP contribution in [0.2, 0.25) is 0 Å². The zero-order chi connectivity index (χ0) is 20.8. The van der Waals surface area contributed by atoms with Crippen LogP contribution in [0.1, 0.15) is 17.3 Å². The van der Waals surface area contributed by atoms with Crippen molar-refractivity contribution < 1.29 is 27.8 Å². The number of carbonyl (C=O) groups is 2. The zero-order valence-electron chi connectivity index (χ0n) is 15.4. The summed E-state index contributed by atoms with van der Waals surface area (Å²) in [4.78, 5) is 24.7. The third-order valence-electron chi connectivity index (χ3n) is 3.86. The Morgan fingerprint density at radius 2 is 1.86 bits per heavy atom. The number of halogens is 2. The Hall–Kier alpha value is -3.26. The average Bonchev–Trinajstić information content (AvgIpc) is 3.11. The molecule has 0 unspecified atom stereocenters. The maximum atomic E-state index is 13.6. The molecule has 0 aliphatic heterocycles. The molecular formula is C21H17F2NO4S. The van der Waals surface area contributed by atoms with Crippen LogP contribution in [0, 0.1) is 11.6 Å². The van der Waals surface area contributed by atoms with E-state index in [1.807, 2.05) is 30.3 Å². The molecule has 0 radical (unpaired) electrons. The van der Waals surface area contributed by atoms with E-state index in [0.29, 0.717) is 16.6 Å². The van der Waals surface area contributed by atoms with Crippen LogP contribution in [0.4, 0.5) is 13.8 Å². The molecule has 0 fully saturated rings. The summed E-state index contributed by atoms with van der Waals surface area (Å²) in [6, 6.07) is 12.0. The number of hydrogen-bond acceptors (Lipinski definition) is 5. The van der Waals surface area contributed by atoms with Crippen LogP contribution in [0.15, 0.2) is 53.9 Å². The number of nitrogens with one attached hydrogen (secondary N) is 1. The van der Waals surface area contributed by atoms with Crippen LogP contribution in [-0.2, 0) is 9.53 Å². The fourth-order valence-electron chi connectivity index (χ4n) is 2.58. The highest BCUT2D eigenvalue weighted by molar-refractivity contribution is 7.15. The zero-order valence-corrected chi connectivity index (χ0v) is 16.2. The number of amides is 1. The van der Waals surface area contributed by atoms with Gasteiger partial charge in [-0.3, -0.25) is 4.79 Å². The van der Waals surface area contributed by atoms with E-state index in [4.69, 9.17) is 9.47 Å². The minimum absolute atomic E-state index is 0.184. The molecule has 150 valence electrons. The molecule has 8 heteroatoms. The Morgan fingerprint density at radius 1 is 1.10 bits per heavy atom. The van der Waals surface area contributed by atoms with Crippen LogP contribution < -0.4 is 10.1 Å². The van der Waals surface area contributed by atoms with Crippen LogP contribution in [0.3, 0.4) is 0 Å². The lowest BCUT2D eigenvalue weighted by Crippen LogP contribution is -2.21. The molecule has 1 N–H and O–H groups in total. The molecule has 1 heterocycles. The van der Waals surface area contributed by atoms with Crippen molar-refractivity contribution in [3.63, 3.8) is 0 Å². The van der Waals surface area contributed by atoms with Crippen LogP contribution in [-0.4, -0.2) is 25.1 Å². The van der Waals surface area contributed by atoms with Crippen molar-refractivity contribution in [3.8, 4) is 16.9 Å². The number of benzene rings is 2. The average molecular weight is 417 g/mol. The second-order valence-corrected chi connectivity index (χ2v) is 6.73. The number of thiophene rings is 1. The van der Waals surface area contributed by atoms with Crippen molar-refractivity contribution in [1.82, 2.24) is 0 Å². The van der Waals surface area contributed by atoms with Crippen LogP contribution >= 0.6 is 11.3 Å². The van der Waals surface area contributed by atoms with Crippen molar-refractivity contribution >= 4 is 28.2 Å². The summed E-state index contributed by atoms with van der Waals surface area (Å²) in [7, 11) is 0. The third kappa shape index (κ3) is 4.97. The Labute approximate surface area is 169 Å². The van der Waals surface area contributed by atoms with Crippen molar-refractivity contribution in [2.24, 2.45) is 0 Å². The molecule has 0 aliphatic rings. The predicted octanol–water partition coefficient (Wildman–Crippen LogP) is 4.89. The summed E-state index contributed by atoms with van der Waals surface area (Å²) in [5, 5.41) is 4.65. The molecule has 0 aliphatic carbocycles. The maximum Gasteiger partial charge on any atom is 0.341 e. The van der Waals surface area contributed by atoms with E-state index in [1.165, 1.54) is 11.3 Å². The summed E-state index contributed by atoms with van der Waals surface area (Å²) >= 11 is 1.17. The number of anilines is 1. The first-order valence-corrected chi connectivity index (χ1v) is 9.59. The highest BCUT2D eigenvalue weighted by Gasteiger charge is 2.23. The Morgan fingerprint density at radius 3 is 2.55 bits per heavy atom. The van der Waals surface area contributed by atoms with E-state index in [2.05, 4.69) is 5.32 Å². The first-order chi connectivity index (χ1) is 14.0. The fraction of sp³-hybridized carbons (Fsp3) is 0.143. The minimum atomic E-state index is -0.910. The minimum Gasteiger partial charge on any atom is -0.481 e. The summed E-state index contributed by atoms with van der Waals surface area (Å²) in [6.07, 6.45) is 0. The highest BCUT2D eigenvalue weighted by Crippen LogP contribution is 2.36. The number of ether oxygens (including phenoxy) is 2. The summed E-state index contributed by atoms with van der Waals surface area (Å²) in [5.41, 5.74) is 1.68. The van der Waals surface area contributed by atoms with Gasteiger partial charge in [-0.25, -0.2) is 13.6 Å². The van der Waals surface area contributed by atoms with Gasteiger partial charge in [0, 0.05) is 17.0 Å². The van der Waals surface area contributed by atoms with Gasteiger partial charge in [0.25, 0.3) is 5.91 Å². The quantitative estimate of drug-likeness (QED) is 0.556. The molecule has 0 spiro atoms. The van der Waals surface area contributed by atoms with E-state index < -0.39 is 30.1 Å². The van der Waals surface area contributed by atoms with Crippen molar-refractivity contribution in [2.75, 3.05) is 18.5 Å². The SMILES string of the molecule is CCOC(=O)c1c(-c2ccccc2)csc1NC(=O)COc1ccc(F)cc1F. The largest absolute Gasteiger partial charge is 0.481 e. The molecule has 1 aromatic heterocycles. The van der Waals surface area contributed by atoms with E-state index in [-0.39, 0.29) is 17.9 Å². The van der Waals surface area contributed by atoms with Gasteiger partial charge in [0.2, 0.25) is 0 Å². The molecule has 0 atom stereocenters. The smallest absolute Gasteiger partial charge is 0.341 e. The standard InChI is InChI=1S/C21H17F2NO4S/c1-2-27-21(26)19-15(13-6-4-3-5-7-13)12-29-20(19)24-18(25)11-28-17-9-8-14(22)10-16(17)23/h3-10,12H,2,11H2,1H3,(H,24,25). The van der Waals surface area contributed by atoms with Gasteiger partial charge >= 0.3 is 5.97 Å². The summed E-state index contributed by atoms with van der Waals surface area (Å²) in [5.74, 6) is -3.06. The lowest BCUT2D eigenvalue weighted by molar-refractivity contribution is -0.118. The number of hydrogen-bond donors (Lipinski definition) is 1. The molecule has 29 heavy (non-hydrogen) atoms. The Bertz CT molecular complexity index is 1020. The van der Waals surface area contributed by atoms with Gasteiger partial charge in [-0.1, -0.05) is 30.3 Å². The normalized spacial score (nSPS) is 10.4. The van der Waals surface area contributed by atoms with Gasteiger partial charge < -0.3 is 14.8 Å². The van der Waals surface area contributed by atoms with Crippen molar-refractivity contribution in [1.29, 1.82) is 0 Å². The molecule has 2 aromatic carbocycles. The van der Waals surface area contributed by atoms with Crippen LogP contribution in [0.25, 0.3) is 11.1 Å². The van der Waals surface area contributed by atoms with E-state index >= 15 is 0 Å². The second kappa shape index (κ2) is 9.29. The molecule has 5 nitrogen and oxygen atoms in total. The number of rotatable bonds is 7. The Kier molecular flexibility index (Phi) is 6.56. The second-order valence-electron chi connectivity index (χ2n) is 5.85. The third-order valence-corrected chi connectivity index (χ3v) is 4.76. The molecule has 0 saturated heterocycles. The molecule has 0 saturated carbocycles. The summed E-state index contributed by atoms with van der Waals surface area (Å²) in [6.45, 7) is 1.36. The first kappa shape index (κ1) is 20.5. The van der Waals surface area contributed by atoms with Gasteiger partial charge in [0.15, 0.2) is 18.2 Å². The maximum absolute atomic E-state index is 13.6. The number of carbonyl (C=O) groups excluding carboxylic acids is 2. The molecule has 0 bridgehead atoms. The molecule has 3 rings (SSSR count). The molecule has 1 amide bonds. The van der Waals surface area contributed by atoms with Crippen molar-refractivity contribution in [3.05, 3.63) is 71.1 Å². The van der Waals surface area contributed by atoms with E-state index in [0.717, 1.165) is 17.7 Å². The monoisotopic (exact) mass is 417 g/mol. The topological polar surface area (TPSA) is 64.6 Å². The number of esters is 1. The summed E-state index contributed by atoms with van der Waals surface area (Å²) < 4.78 is 36.8. The lowest BCUT2D eigenvalue weighted by Gasteiger charge is -2.10. The van der Waals surface area contributed by atoms with Gasteiger partial charge in [0.05, 0.1) is 6.61 Å². The van der Waals surface area contributed by atoms with E-state index in [1.54, 1.807) is 12.3 Å². The lowest BCUT2D eigenvalue weighted by atomic mass is 10.0. The molecular weight excluding hydrogens is 400 g/mol. The van der Waals surface area contributed by atoms with Crippen LogP contribution in [0.5, 0.6) is 5.75 Å². The Balaban J connectivity index is 1.78. The molecule has 3 aromatic rings. The van der Waals surface area contributed by atoms with Gasteiger partial charge in [-0.2, -0.15) is 0 Å². The first-order valence-electron chi connectivity index (χ1n) is 8.71.